The van der Waals surface area contributed by atoms with E-state index in [-0.39, 0.29) is 30.7 Å². The predicted octanol–water partition coefficient (Wildman–Crippen LogP) is 2.70. The van der Waals surface area contributed by atoms with E-state index in [1.54, 1.807) is 15.8 Å². The van der Waals surface area contributed by atoms with Crippen molar-refractivity contribution in [1.29, 1.82) is 0 Å². The van der Waals surface area contributed by atoms with Crippen molar-refractivity contribution in [2.75, 3.05) is 19.6 Å². The molecule has 2 bridgehead atoms. The van der Waals surface area contributed by atoms with E-state index < -0.39 is 12.1 Å². The SMILES string of the molecule is Cc1ccc(-c2cccc(CN3CCN4C(=O)[C@H](Cc5ccccc5)NC(=O)CCCn5cc(nn5)CNC(=O)[C@H]4C3)c2)o1. The van der Waals surface area contributed by atoms with Crippen molar-refractivity contribution in [3.63, 3.8) is 0 Å². The molecule has 1 saturated heterocycles. The fourth-order valence-electron chi connectivity index (χ4n) is 5.88. The molecule has 2 aliphatic rings. The highest BCUT2D eigenvalue weighted by molar-refractivity contribution is 5.92. The molecule has 228 valence electrons. The van der Waals surface area contributed by atoms with Gasteiger partial charge in [0.15, 0.2) is 0 Å². The van der Waals surface area contributed by atoms with E-state index in [1.807, 2.05) is 61.5 Å². The van der Waals surface area contributed by atoms with Crippen molar-refractivity contribution < 1.29 is 18.8 Å². The quantitative estimate of drug-likeness (QED) is 0.364. The van der Waals surface area contributed by atoms with E-state index in [0.29, 0.717) is 51.3 Å². The van der Waals surface area contributed by atoms with Crippen molar-refractivity contribution in [3.8, 4) is 11.3 Å². The van der Waals surface area contributed by atoms with Gasteiger partial charge in [0.05, 0.1) is 12.7 Å². The molecule has 44 heavy (non-hydrogen) atoms. The summed E-state index contributed by atoms with van der Waals surface area (Å²) in [5.74, 6) is 0.935. The van der Waals surface area contributed by atoms with Crippen molar-refractivity contribution >= 4 is 17.7 Å². The van der Waals surface area contributed by atoms with Crippen LogP contribution in [0.4, 0.5) is 0 Å². The van der Waals surface area contributed by atoms with Gasteiger partial charge in [-0.05, 0) is 42.7 Å². The molecule has 0 unspecified atom stereocenters. The van der Waals surface area contributed by atoms with Crippen LogP contribution in [0.15, 0.2) is 77.3 Å². The Morgan fingerprint density at radius 1 is 0.955 bits per heavy atom. The van der Waals surface area contributed by atoms with Crippen LogP contribution in [0.1, 0.15) is 35.4 Å². The Hall–Kier alpha value is -4.77. The van der Waals surface area contributed by atoms with E-state index in [2.05, 4.69) is 38.0 Å². The number of carbonyl (C=O) groups excluding carboxylic acids is 3. The molecule has 2 atom stereocenters. The summed E-state index contributed by atoms with van der Waals surface area (Å²) >= 11 is 0. The third kappa shape index (κ3) is 7.05. The number of nitrogens with zero attached hydrogens (tertiary/aromatic N) is 5. The standard InChI is InChI=1S/C33H37N7O4/c1-23-12-13-30(44-23)26-10-5-9-25(17-26)20-38-15-16-40-29(22-38)32(42)34-19-27-21-39(37-36-27)14-6-11-31(41)35-28(33(40)43)18-24-7-3-2-4-8-24/h2-5,7-10,12-13,17,21,28-29H,6,11,14-16,18-20,22H2,1H3,(H,34,42)(H,35,41)/t28-,29+/m0/s1. The van der Waals surface area contributed by atoms with Crippen LogP contribution >= 0.6 is 0 Å². The summed E-state index contributed by atoms with van der Waals surface area (Å²) in [4.78, 5) is 44.7. The second-order valence-electron chi connectivity index (χ2n) is 11.5. The zero-order chi connectivity index (χ0) is 30.5. The Balaban J connectivity index is 1.25. The predicted molar refractivity (Wildman–Crippen MR) is 163 cm³/mol. The van der Waals surface area contributed by atoms with E-state index in [0.717, 1.165) is 28.2 Å². The van der Waals surface area contributed by atoms with Gasteiger partial charge < -0.3 is 20.0 Å². The van der Waals surface area contributed by atoms with Crippen molar-refractivity contribution in [2.45, 2.75) is 57.9 Å². The first-order valence-electron chi connectivity index (χ1n) is 15.1. The number of benzene rings is 2. The van der Waals surface area contributed by atoms with E-state index >= 15 is 0 Å². The maximum atomic E-state index is 14.2. The minimum Gasteiger partial charge on any atom is -0.461 e. The van der Waals surface area contributed by atoms with Gasteiger partial charge in [-0.1, -0.05) is 53.7 Å². The summed E-state index contributed by atoms with van der Waals surface area (Å²) in [6.45, 7) is 4.52. The van der Waals surface area contributed by atoms with Crippen LogP contribution in [0.2, 0.25) is 0 Å². The molecular formula is C33H37N7O4. The first-order chi connectivity index (χ1) is 21.4. The van der Waals surface area contributed by atoms with Crippen LogP contribution in [0, 0.1) is 6.92 Å². The molecular weight excluding hydrogens is 558 g/mol. The molecule has 0 saturated carbocycles. The molecule has 2 aromatic carbocycles. The zero-order valence-electron chi connectivity index (χ0n) is 24.8. The fourth-order valence-corrected chi connectivity index (χ4v) is 5.88. The molecule has 11 heteroatoms. The van der Waals surface area contributed by atoms with Gasteiger partial charge in [0.1, 0.15) is 29.3 Å². The van der Waals surface area contributed by atoms with Gasteiger partial charge in [-0.2, -0.15) is 0 Å². The zero-order valence-corrected chi connectivity index (χ0v) is 24.8. The van der Waals surface area contributed by atoms with Crippen LogP contribution in [-0.2, 0) is 40.4 Å². The number of rotatable bonds is 5. The highest BCUT2D eigenvalue weighted by atomic mass is 16.3. The second kappa shape index (κ2) is 13.3. The molecule has 6 rings (SSSR count). The number of fused-ring (bicyclic) bond motifs is 3. The monoisotopic (exact) mass is 595 g/mol. The maximum Gasteiger partial charge on any atom is 0.246 e. The Morgan fingerprint density at radius 2 is 1.80 bits per heavy atom. The van der Waals surface area contributed by atoms with Gasteiger partial charge >= 0.3 is 0 Å². The Kier molecular flexibility index (Phi) is 8.83. The lowest BCUT2D eigenvalue weighted by Gasteiger charge is -2.42. The number of furan rings is 1. The summed E-state index contributed by atoms with van der Waals surface area (Å²) in [5.41, 5.74) is 3.63. The van der Waals surface area contributed by atoms with Crippen molar-refractivity contribution in [1.82, 2.24) is 35.4 Å². The average molecular weight is 596 g/mol. The molecule has 1 fully saturated rings. The smallest absolute Gasteiger partial charge is 0.246 e. The molecule has 4 aromatic rings. The first kappa shape index (κ1) is 29.3. The second-order valence-corrected chi connectivity index (χ2v) is 11.5. The third-order valence-electron chi connectivity index (χ3n) is 8.15. The first-order valence-corrected chi connectivity index (χ1v) is 15.1. The van der Waals surface area contributed by atoms with Gasteiger partial charge in [0.2, 0.25) is 17.7 Å². The lowest BCUT2D eigenvalue weighted by Crippen LogP contribution is -2.63. The Morgan fingerprint density at radius 3 is 2.61 bits per heavy atom. The number of aryl methyl sites for hydroxylation is 2. The van der Waals surface area contributed by atoms with Crippen LogP contribution in [0.25, 0.3) is 11.3 Å². The van der Waals surface area contributed by atoms with Gasteiger partial charge in [-0.15, -0.1) is 5.10 Å². The summed E-state index contributed by atoms with van der Waals surface area (Å²) < 4.78 is 7.50. The highest BCUT2D eigenvalue weighted by Gasteiger charge is 2.38. The molecule has 2 aromatic heterocycles. The van der Waals surface area contributed by atoms with Crippen LogP contribution in [-0.4, -0.2) is 74.2 Å². The van der Waals surface area contributed by atoms with Gasteiger partial charge in [-0.25, -0.2) is 0 Å². The molecule has 0 radical (unpaired) electrons. The Bertz CT molecular complexity index is 1610. The van der Waals surface area contributed by atoms with Gasteiger partial charge in [0, 0.05) is 51.1 Å². The normalized spacial score (nSPS) is 20.3. The van der Waals surface area contributed by atoms with Gasteiger partial charge in [-0.3, -0.25) is 24.0 Å². The van der Waals surface area contributed by atoms with Crippen molar-refractivity contribution in [2.24, 2.45) is 0 Å². The summed E-state index contributed by atoms with van der Waals surface area (Å²) in [5, 5.41) is 14.3. The summed E-state index contributed by atoms with van der Waals surface area (Å²) in [6, 6.07) is 20.2. The van der Waals surface area contributed by atoms with Gasteiger partial charge in [0.25, 0.3) is 0 Å². The summed E-state index contributed by atoms with van der Waals surface area (Å²) in [6.07, 6.45) is 2.92. The molecule has 0 spiro atoms. The van der Waals surface area contributed by atoms with Crippen LogP contribution in [0.3, 0.4) is 0 Å². The average Bonchev–Trinajstić information content (AvgIpc) is 3.68. The molecule has 2 N–H and O–H groups in total. The fraction of sp³-hybridized carbons (Fsp3) is 0.364. The van der Waals surface area contributed by atoms with E-state index in [4.69, 9.17) is 4.42 Å². The molecule has 4 heterocycles. The highest BCUT2D eigenvalue weighted by Crippen LogP contribution is 2.24. The molecule has 0 aliphatic carbocycles. The van der Waals surface area contributed by atoms with E-state index in [9.17, 15) is 14.4 Å². The largest absolute Gasteiger partial charge is 0.461 e. The maximum absolute atomic E-state index is 14.2. The Labute approximate surface area is 256 Å². The number of amides is 3. The number of hydrogen-bond acceptors (Lipinski definition) is 7. The molecule has 3 amide bonds. The molecule has 2 aliphatic heterocycles. The number of carbonyl (C=O) groups is 3. The lowest BCUT2D eigenvalue weighted by atomic mass is 10.0. The number of hydrogen-bond donors (Lipinski definition) is 2. The minimum atomic E-state index is -0.789. The van der Waals surface area contributed by atoms with Crippen LogP contribution < -0.4 is 10.6 Å². The number of nitrogens with one attached hydrogen (secondary N) is 2. The molecule has 11 nitrogen and oxygen atoms in total. The minimum absolute atomic E-state index is 0.201. The number of aromatic nitrogens is 3. The van der Waals surface area contributed by atoms with Crippen molar-refractivity contribution in [3.05, 3.63) is 95.5 Å². The van der Waals surface area contributed by atoms with Crippen LogP contribution in [0.5, 0.6) is 0 Å². The number of piperazine rings is 1. The topological polar surface area (TPSA) is 126 Å². The van der Waals surface area contributed by atoms with E-state index in [1.165, 1.54) is 0 Å². The summed E-state index contributed by atoms with van der Waals surface area (Å²) in [7, 11) is 0. The lowest BCUT2D eigenvalue weighted by molar-refractivity contribution is -0.146. The third-order valence-corrected chi connectivity index (χ3v) is 8.15.